The van der Waals surface area contributed by atoms with Gasteiger partial charge in [-0.15, -0.1) is 0 Å². The molecule has 3 aromatic rings. The van der Waals surface area contributed by atoms with E-state index in [9.17, 15) is 14.7 Å². The summed E-state index contributed by atoms with van der Waals surface area (Å²) in [4.78, 5) is 27.9. The van der Waals surface area contributed by atoms with E-state index < -0.39 is 18.1 Å². The Bertz CT molecular complexity index is 1050. The highest BCUT2D eigenvalue weighted by Crippen LogP contribution is 2.44. The fourth-order valence-corrected chi connectivity index (χ4v) is 3.99. The van der Waals surface area contributed by atoms with Gasteiger partial charge in [0.25, 0.3) is 0 Å². The van der Waals surface area contributed by atoms with Gasteiger partial charge in [-0.05, 0) is 46.9 Å². The number of alkyl carbamates (subject to hydrolysis) is 1. The molecule has 2 aromatic carbocycles. The van der Waals surface area contributed by atoms with Crippen molar-refractivity contribution in [1.82, 2.24) is 10.3 Å². The highest BCUT2D eigenvalue weighted by molar-refractivity contribution is 5.79. The van der Waals surface area contributed by atoms with Crippen LogP contribution in [0.1, 0.15) is 40.8 Å². The second-order valence-electron chi connectivity index (χ2n) is 7.35. The maximum absolute atomic E-state index is 12.5. The SMILES string of the molecule is Cc1cc(C(CC(=O)O)NC(=O)OCC2c3ccccc3-c3ccccc32)ccn1. The van der Waals surface area contributed by atoms with Crippen LogP contribution in [-0.2, 0) is 9.53 Å². The van der Waals surface area contributed by atoms with E-state index in [1.807, 2.05) is 43.3 Å². The smallest absolute Gasteiger partial charge is 0.407 e. The number of aryl methyl sites for hydroxylation is 1. The maximum Gasteiger partial charge on any atom is 0.407 e. The van der Waals surface area contributed by atoms with Gasteiger partial charge >= 0.3 is 12.1 Å². The molecule has 0 radical (unpaired) electrons. The van der Waals surface area contributed by atoms with Crippen LogP contribution in [0.2, 0.25) is 0 Å². The zero-order chi connectivity index (χ0) is 21.1. The summed E-state index contributed by atoms with van der Waals surface area (Å²) in [5.74, 6) is -1.06. The van der Waals surface area contributed by atoms with Crippen molar-refractivity contribution < 1.29 is 19.4 Å². The standard InChI is InChI=1S/C24H22N2O4/c1-15-12-16(10-11-25-15)22(13-23(27)28)26-24(29)30-14-21-19-8-4-2-6-17(19)18-7-3-5-9-20(18)21/h2-12,21-22H,13-14H2,1H3,(H,26,29)(H,27,28). The van der Waals surface area contributed by atoms with Crippen LogP contribution < -0.4 is 5.32 Å². The second-order valence-corrected chi connectivity index (χ2v) is 7.35. The van der Waals surface area contributed by atoms with Crippen molar-refractivity contribution in [3.05, 3.63) is 89.2 Å². The molecule has 1 unspecified atom stereocenters. The average molecular weight is 402 g/mol. The summed E-state index contributed by atoms with van der Waals surface area (Å²) in [6.45, 7) is 1.99. The van der Waals surface area contributed by atoms with Gasteiger partial charge in [0.1, 0.15) is 6.61 Å². The molecule has 2 N–H and O–H groups in total. The van der Waals surface area contributed by atoms with E-state index in [0.717, 1.165) is 27.9 Å². The molecule has 4 rings (SSSR count). The number of hydrogen-bond acceptors (Lipinski definition) is 4. The molecule has 6 nitrogen and oxygen atoms in total. The van der Waals surface area contributed by atoms with Crippen LogP contribution in [0.3, 0.4) is 0 Å². The van der Waals surface area contributed by atoms with Crippen LogP contribution in [0, 0.1) is 6.92 Å². The van der Waals surface area contributed by atoms with E-state index in [2.05, 4.69) is 22.4 Å². The third kappa shape index (κ3) is 4.03. The molecule has 1 atom stereocenters. The van der Waals surface area contributed by atoms with Gasteiger partial charge in [-0.1, -0.05) is 48.5 Å². The van der Waals surface area contributed by atoms with Gasteiger partial charge in [-0.3, -0.25) is 9.78 Å². The summed E-state index contributed by atoms with van der Waals surface area (Å²) in [6.07, 6.45) is 0.713. The number of aliphatic carboxylic acids is 1. The summed E-state index contributed by atoms with van der Waals surface area (Å²) >= 11 is 0. The zero-order valence-electron chi connectivity index (χ0n) is 16.5. The van der Waals surface area contributed by atoms with Gasteiger partial charge in [0.2, 0.25) is 0 Å². The van der Waals surface area contributed by atoms with Gasteiger partial charge in [-0.2, -0.15) is 0 Å². The largest absolute Gasteiger partial charge is 0.481 e. The Morgan fingerprint density at radius 1 is 1.07 bits per heavy atom. The monoisotopic (exact) mass is 402 g/mol. The average Bonchev–Trinajstić information content (AvgIpc) is 3.05. The first-order valence-electron chi connectivity index (χ1n) is 9.79. The predicted octanol–water partition coefficient (Wildman–Crippen LogP) is 4.44. The molecular weight excluding hydrogens is 380 g/mol. The number of carboxylic acids is 1. The molecule has 1 aliphatic rings. The van der Waals surface area contributed by atoms with Gasteiger partial charge in [0, 0.05) is 17.8 Å². The zero-order valence-corrected chi connectivity index (χ0v) is 16.5. The van der Waals surface area contributed by atoms with Crippen LogP contribution >= 0.6 is 0 Å². The lowest BCUT2D eigenvalue weighted by Gasteiger charge is -2.19. The summed E-state index contributed by atoms with van der Waals surface area (Å²) < 4.78 is 5.54. The number of carbonyl (C=O) groups excluding carboxylic acids is 1. The van der Waals surface area contributed by atoms with Gasteiger partial charge in [0.15, 0.2) is 0 Å². The van der Waals surface area contributed by atoms with Crippen LogP contribution in [0.5, 0.6) is 0 Å². The fraction of sp³-hybridized carbons (Fsp3) is 0.208. The van der Waals surface area contributed by atoms with E-state index in [-0.39, 0.29) is 18.9 Å². The Kier molecular flexibility index (Phi) is 5.48. The predicted molar refractivity (Wildman–Crippen MR) is 112 cm³/mol. The highest BCUT2D eigenvalue weighted by atomic mass is 16.5. The molecule has 0 aliphatic heterocycles. The van der Waals surface area contributed by atoms with Crippen LogP contribution in [0.15, 0.2) is 66.9 Å². The highest BCUT2D eigenvalue weighted by Gasteiger charge is 2.29. The number of nitrogens with zero attached hydrogens (tertiary/aromatic N) is 1. The molecule has 0 saturated carbocycles. The van der Waals surface area contributed by atoms with Crippen molar-refractivity contribution in [2.24, 2.45) is 0 Å². The molecule has 0 fully saturated rings. The molecule has 0 bridgehead atoms. The van der Waals surface area contributed by atoms with Crippen LogP contribution in [0.4, 0.5) is 4.79 Å². The van der Waals surface area contributed by atoms with Crippen molar-refractivity contribution >= 4 is 12.1 Å². The summed E-state index contributed by atoms with van der Waals surface area (Å²) in [7, 11) is 0. The van der Waals surface area contributed by atoms with Crippen molar-refractivity contribution in [2.45, 2.75) is 25.3 Å². The normalized spacial score (nSPS) is 13.2. The molecule has 6 heteroatoms. The lowest BCUT2D eigenvalue weighted by molar-refractivity contribution is -0.137. The maximum atomic E-state index is 12.5. The van der Waals surface area contributed by atoms with E-state index in [1.165, 1.54) is 0 Å². The van der Waals surface area contributed by atoms with Crippen molar-refractivity contribution in [3.8, 4) is 11.1 Å². The minimum Gasteiger partial charge on any atom is -0.481 e. The number of carboxylic acid groups (broad SMARTS) is 1. The number of carbonyl (C=O) groups is 2. The first-order chi connectivity index (χ1) is 14.5. The molecule has 0 saturated heterocycles. The van der Waals surface area contributed by atoms with E-state index in [4.69, 9.17) is 4.74 Å². The molecule has 152 valence electrons. The molecule has 0 spiro atoms. The topological polar surface area (TPSA) is 88.5 Å². The molecule has 1 aromatic heterocycles. The van der Waals surface area contributed by atoms with Gasteiger partial charge < -0.3 is 15.2 Å². The van der Waals surface area contributed by atoms with E-state index in [1.54, 1.807) is 18.3 Å². The third-order valence-electron chi connectivity index (χ3n) is 5.34. The first kappa shape index (κ1) is 19.6. The summed E-state index contributed by atoms with van der Waals surface area (Å²) in [6, 6.07) is 19.0. The molecular formula is C24H22N2O4. The van der Waals surface area contributed by atoms with Crippen molar-refractivity contribution in [1.29, 1.82) is 0 Å². The van der Waals surface area contributed by atoms with Crippen molar-refractivity contribution in [2.75, 3.05) is 6.61 Å². The Hall–Kier alpha value is -3.67. The number of hydrogen-bond donors (Lipinski definition) is 2. The Balaban J connectivity index is 1.48. The number of nitrogens with one attached hydrogen (secondary N) is 1. The molecule has 1 heterocycles. The minimum atomic E-state index is -1.01. The summed E-state index contributed by atoms with van der Waals surface area (Å²) in [5.41, 5.74) is 5.98. The number of amides is 1. The number of aromatic nitrogens is 1. The van der Waals surface area contributed by atoms with Crippen LogP contribution in [-0.4, -0.2) is 28.8 Å². The molecule has 30 heavy (non-hydrogen) atoms. The number of pyridine rings is 1. The van der Waals surface area contributed by atoms with E-state index in [0.29, 0.717) is 5.56 Å². The second kappa shape index (κ2) is 8.37. The van der Waals surface area contributed by atoms with E-state index >= 15 is 0 Å². The van der Waals surface area contributed by atoms with Crippen molar-refractivity contribution in [3.63, 3.8) is 0 Å². The minimum absolute atomic E-state index is 0.0516. The Morgan fingerprint density at radius 2 is 1.70 bits per heavy atom. The Labute approximate surface area is 174 Å². The fourth-order valence-electron chi connectivity index (χ4n) is 3.99. The van der Waals surface area contributed by atoms with Crippen LogP contribution in [0.25, 0.3) is 11.1 Å². The lowest BCUT2D eigenvalue weighted by Crippen LogP contribution is -2.31. The van der Waals surface area contributed by atoms with Gasteiger partial charge in [-0.25, -0.2) is 4.79 Å². The number of ether oxygens (including phenoxy) is 1. The summed E-state index contributed by atoms with van der Waals surface area (Å²) in [5, 5.41) is 11.9. The molecule has 1 aliphatic carbocycles. The number of benzene rings is 2. The third-order valence-corrected chi connectivity index (χ3v) is 5.34. The first-order valence-corrected chi connectivity index (χ1v) is 9.79. The molecule has 1 amide bonds. The Morgan fingerprint density at radius 3 is 2.30 bits per heavy atom. The lowest BCUT2D eigenvalue weighted by atomic mass is 9.98. The quantitative estimate of drug-likeness (QED) is 0.636. The van der Waals surface area contributed by atoms with Gasteiger partial charge in [0.05, 0.1) is 12.5 Å². The number of fused-ring (bicyclic) bond motifs is 3. The number of rotatable bonds is 6.